The number of hydrogen-bond donors (Lipinski definition) is 1. The van der Waals surface area contributed by atoms with Gasteiger partial charge >= 0.3 is 0 Å². The van der Waals surface area contributed by atoms with Gasteiger partial charge in [0.2, 0.25) is 0 Å². The summed E-state index contributed by atoms with van der Waals surface area (Å²) in [5.74, 6) is -1.26. The van der Waals surface area contributed by atoms with Crippen molar-refractivity contribution in [3.05, 3.63) is 55.7 Å². The predicted molar refractivity (Wildman–Crippen MR) is 83.1 cm³/mol. The molecule has 2 rings (SSSR count). The third-order valence-corrected chi connectivity index (χ3v) is 5.08. The molecular weight excluding hydrogens is 344 g/mol. The summed E-state index contributed by atoms with van der Waals surface area (Å²) in [4.78, 5) is 1.90. The van der Waals surface area contributed by atoms with Crippen LogP contribution in [0.1, 0.15) is 42.1 Å². The van der Waals surface area contributed by atoms with Crippen LogP contribution in [-0.4, -0.2) is 0 Å². The minimum Gasteiger partial charge on any atom is -0.319 e. The molecule has 0 bridgehead atoms. The highest BCUT2D eigenvalue weighted by Crippen LogP contribution is 2.35. The molecule has 0 saturated carbocycles. The molecule has 0 amide bonds. The Hall–Kier alpha value is -0.780. The summed E-state index contributed by atoms with van der Waals surface area (Å²) in [6, 6.07) is 5.49. The normalized spacial score (nSPS) is 13.6. The molecule has 0 fully saturated rings. The van der Waals surface area contributed by atoms with Crippen molar-refractivity contribution in [3.8, 4) is 0 Å². The van der Waals surface area contributed by atoms with Gasteiger partial charge in [-0.2, -0.15) is 0 Å². The second-order valence-corrected chi connectivity index (χ2v) is 7.74. The van der Waals surface area contributed by atoms with Gasteiger partial charge < -0.3 is 5.73 Å². The van der Waals surface area contributed by atoms with Crippen LogP contribution in [0.4, 0.5) is 8.78 Å². The Morgan fingerprint density at radius 3 is 2.15 bits per heavy atom. The average molecular weight is 360 g/mol. The van der Waals surface area contributed by atoms with E-state index in [0.29, 0.717) is 4.47 Å². The van der Waals surface area contributed by atoms with Crippen LogP contribution in [0, 0.1) is 11.6 Å². The lowest BCUT2D eigenvalue weighted by atomic mass is 9.95. The van der Waals surface area contributed by atoms with Crippen molar-refractivity contribution in [2.75, 3.05) is 0 Å². The van der Waals surface area contributed by atoms with E-state index in [9.17, 15) is 8.78 Å². The van der Waals surface area contributed by atoms with Gasteiger partial charge in [-0.1, -0.05) is 36.7 Å². The number of thiophene rings is 1. The van der Waals surface area contributed by atoms with Crippen LogP contribution in [0.5, 0.6) is 0 Å². The molecule has 2 aromatic rings. The first-order chi connectivity index (χ1) is 9.20. The van der Waals surface area contributed by atoms with Gasteiger partial charge in [0.25, 0.3) is 0 Å². The molecule has 1 aromatic carbocycles. The topological polar surface area (TPSA) is 26.0 Å². The van der Waals surface area contributed by atoms with E-state index >= 15 is 0 Å². The van der Waals surface area contributed by atoms with E-state index in [-0.39, 0.29) is 11.0 Å². The molecule has 1 aromatic heterocycles. The van der Waals surface area contributed by atoms with Gasteiger partial charge in [0.05, 0.1) is 6.04 Å². The number of nitrogens with two attached hydrogens (primary N) is 1. The zero-order valence-corrected chi connectivity index (χ0v) is 13.9. The first-order valence-corrected chi connectivity index (χ1v) is 7.81. The van der Waals surface area contributed by atoms with Crippen molar-refractivity contribution in [2.24, 2.45) is 5.73 Å². The first kappa shape index (κ1) is 15.6. The molecule has 1 unspecified atom stereocenters. The molecule has 0 saturated heterocycles. The number of rotatable bonds is 2. The Bertz CT molecular complexity index is 608. The summed E-state index contributed by atoms with van der Waals surface area (Å²) in [6.07, 6.45) is 0. The molecule has 108 valence electrons. The van der Waals surface area contributed by atoms with Crippen molar-refractivity contribution < 1.29 is 8.78 Å². The number of hydrogen-bond acceptors (Lipinski definition) is 2. The average Bonchev–Trinajstić information content (AvgIpc) is 2.75. The van der Waals surface area contributed by atoms with Crippen LogP contribution in [-0.2, 0) is 5.41 Å². The van der Waals surface area contributed by atoms with Gasteiger partial charge in [0.1, 0.15) is 11.6 Å². The summed E-state index contributed by atoms with van der Waals surface area (Å²) in [7, 11) is 0. The van der Waals surface area contributed by atoms with Crippen LogP contribution in [0.2, 0.25) is 0 Å². The van der Waals surface area contributed by atoms with Crippen LogP contribution in [0.25, 0.3) is 0 Å². The van der Waals surface area contributed by atoms with E-state index in [0.717, 1.165) is 9.75 Å². The molecule has 0 aliphatic carbocycles. The summed E-state index contributed by atoms with van der Waals surface area (Å²) in [5.41, 5.74) is 5.95. The third kappa shape index (κ3) is 3.10. The van der Waals surface area contributed by atoms with Crippen molar-refractivity contribution in [3.63, 3.8) is 0 Å². The van der Waals surface area contributed by atoms with E-state index in [2.05, 4.69) is 36.7 Å². The van der Waals surface area contributed by atoms with E-state index in [1.807, 2.05) is 12.1 Å². The monoisotopic (exact) mass is 359 g/mol. The molecule has 1 atom stereocenters. The summed E-state index contributed by atoms with van der Waals surface area (Å²) in [6.45, 7) is 6.28. The Balaban J connectivity index is 2.42. The molecule has 20 heavy (non-hydrogen) atoms. The van der Waals surface area contributed by atoms with Gasteiger partial charge in [-0.25, -0.2) is 8.78 Å². The van der Waals surface area contributed by atoms with Crippen LogP contribution < -0.4 is 5.73 Å². The van der Waals surface area contributed by atoms with Crippen LogP contribution in [0.3, 0.4) is 0 Å². The lowest BCUT2D eigenvalue weighted by molar-refractivity contribution is 0.543. The van der Waals surface area contributed by atoms with E-state index in [1.165, 1.54) is 23.5 Å². The minimum atomic E-state index is -0.788. The molecule has 1 heterocycles. The second-order valence-electron chi connectivity index (χ2n) is 5.71. The molecule has 0 aliphatic rings. The summed E-state index contributed by atoms with van der Waals surface area (Å²) >= 11 is 4.56. The highest BCUT2D eigenvalue weighted by molar-refractivity contribution is 9.10. The fourth-order valence-corrected chi connectivity index (χ4v) is 3.39. The smallest absolute Gasteiger partial charge is 0.132 e. The SMILES string of the molecule is CC(C)(C)c1ccc(C(N)c2c(F)cc(Br)cc2F)s1. The van der Waals surface area contributed by atoms with Crippen molar-refractivity contribution in [2.45, 2.75) is 32.2 Å². The quantitative estimate of drug-likeness (QED) is 0.789. The standard InChI is InChI=1S/C15H16BrF2NS/c1-15(2,3)12-5-4-11(20-12)14(19)13-9(17)6-8(16)7-10(13)18/h4-7,14H,19H2,1-3H3. The molecule has 0 aliphatic heterocycles. The summed E-state index contributed by atoms with van der Waals surface area (Å²) < 4.78 is 28.3. The van der Waals surface area contributed by atoms with Gasteiger partial charge in [-0.05, 0) is 29.7 Å². The van der Waals surface area contributed by atoms with Crippen molar-refractivity contribution in [1.29, 1.82) is 0 Å². The zero-order valence-electron chi connectivity index (χ0n) is 11.5. The van der Waals surface area contributed by atoms with E-state index in [4.69, 9.17) is 5.73 Å². The van der Waals surface area contributed by atoms with E-state index in [1.54, 1.807) is 0 Å². The first-order valence-electron chi connectivity index (χ1n) is 6.20. The lowest BCUT2D eigenvalue weighted by Gasteiger charge is -2.16. The fourth-order valence-electron chi connectivity index (χ4n) is 1.92. The van der Waals surface area contributed by atoms with Crippen molar-refractivity contribution in [1.82, 2.24) is 0 Å². The predicted octanol–water partition coefficient (Wildman–Crippen LogP) is 5.13. The Kier molecular flexibility index (Phi) is 4.33. The maximum Gasteiger partial charge on any atom is 0.132 e. The summed E-state index contributed by atoms with van der Waals surface area (Å²) in [5, 5.41) is 0. The van der Waals surface area contributed by atoms with Crippen LogP contribution >= 0.6 is 27.3 Å². The maximum absolute atomic E-state index is 13.9. The van der Waals surface area contributed by atoms with E-state index < -0.39 is 17.7 Å². The highest BCUT2D eigenvalue weighted by atomic mass is 79.9. The molecule has 2 N–H and O–H groups in total. The molecule has 0 radical (unpaired) electrons. The lowest BCUT2D eigenvalue weighted by Crippen LogP contribution is -2.14. The Labute approximate surface area is 129 Å². The third-order valence-electron chi connectivity index (χ3n) is 3.03. The molecule has 5 heteroatoms. The van der Waals surface area contributed by atoms with Gasteiger partial charge in [-0.3, -0.25) is 0 Å². The number of halogens is 3. The molecular formula is C15H16BrF2NS. The highest BCUT2D eigenvalue weighted by Gasteiger charge is 2.23. The largest absolute Gasteiger partial charge is 0.319 e. The zero-order chi connectivity index (χ0) is 15.1. The number of benzene rings is 1. The van der Waals surface area contributed by atoms with Gasteiger partial charge in [0.15, 0.2) is 0 Å². The maximum atomic E-state index is 13.9. The second kappa shape index (κ2) is 5.54. The molecule has 1 nitrogen and oxygen atoms in total. The van der Waals surface area contributed by atoms with Crippen LogP contribution in [0.15, 0.2) is 28.7 Å². The van der Waals surface area contributed by atoms with Gasteiger partial charge in [-0.15, -0.1) is 11.3 Å². The fraction of sp³-hybridized carbons (Fsp3) is 0.333. The van der Waals surface area contributed by atoms with Crippen molar-refractivity contribution >= 4 is 27.3 Å². The Morgan fingerprint density at radius 2 is 1.70 bits per heavy atom. The molecule has 0 spiro atoms. The van der Waals surface area contributed by atoms with Gasteiger partial charge in [0, 0.05) is 19.8 Å². The minimum absolute atomic E-state index is 0.000554. The Morgan fingerprint density at radius 1 is 1.15 bits per heavy atom.